The third-order valence-corrected chi connectivity index (χ3v) is 9.23. The normalized spacial score (nSPS) is 23.6. The zero-order valence-corrected chi connectivity index (χ0v) is 26.6. The third-order valence-electron chi connectivity index (χ3n) is 9.23. The summed E-state index contributed by atoms with van der Waals surface area (Å²) in [5.74, 6) is -2.75. The summed E-state index contributed by atoms with van der Waals surface area (Å²) in [7, 11) is 0. The second-order valence-corrected chi connectivity index (χ2v) is 13.6. The number of halogens is 3. The predicted molar refractivity (Wildman–Crippen MR) is 171 cm³/mol. The number of fused-ring (bicyclic) bond motifs is 1. The molecule has 6 rings (SSSR count). The van der Waals surface area contributed by atoms with Crippen LogP contribution in [0.2, 0.25) is 0 Å². The molecule has 2 fully saturated rings. The van der Waals surface area contributed by atoms with E-state index in [-0.39, 0.29) is 31.7 Å². The van der Waals surface area contributed by atoms with Crippen LogP contribution in [0.3, 0.4) is 0 Å². The lowest BCUT2D eigenvalue weighted by molar-refractivity contribution is -0.155. The van der Waals surface area contributed by atoms with Crippen LogP contribution in [0, 0.1) is 23.0 Å². The third kappa shape index (κ3) is 6.56. The molecular formula is C37H38F3N3O4. The number of rotatable bonds is 7. The van der Waals surface area contributed by atoms with Crippen LogP contribution >= 0.6 is 0 Å². The van der Waals surface area contributed by atoms with Gasteiger partial charge < -0.3 is 14.7 Å². The van der Waals surface area contributed by atoms with Gasteiger partial charge in [0.2, 0.25) is 0 Å². The van der Waals surface area contributed by atoms with E-state index in [2.05, 4.69) is 0 Å². The van der Waals surface area contributed by atoms with Crippen molar-refractivity contribution in [3.05, 3.63) is 118 Å². The molecule has 246 valence electrons. The molecule has 0 spiro atoms. The SMILES string of the molecule is CC(C)(C)[C@H](C1=C(Cc2ccccc2)CC(c2cc(F)ccc2F)=N1)N1C[C@@H]2C([C@H](O)C1=O)N(C(=O)OCc1ccccc1)C[C@@H]2F. The molecular weight excluding hydrogens is 607 g/mol. The Morgan fingerprint density at radius 1 is 1.00 bits per heavy atom. The average molecular weight is 646 g/mol. The first-order chi connectivity index (χ1) is 22.4. The van der Waals surface area contributed by atoms with E-state index in [0.717, 1.165) is 39.8 Å². The summed E-state index contributed by atoms with van der Waals surface area (Å²) in [6, 6.07) is 20.0. The number of benzene rings is 3. The minimum Gasteiger partial charge on any atom is -0.445 e. The van der Waals surface area contributed by atoms with Crippen LogP contribution in [0.25, 0.3) is 0 Å². The van der Waals surface area contributed by atoms with Crippen molar-refractivity contribution in [3.8, 4) is 0 Å². The molecule has 47 heavy (non-hydrogen) atoms. The zero-order valence-electron chi connectivity index (χ0n) is 26.6. The van der Waals surface area contributed by atoms with Crippen LogP contribution in [0.5, 0.6) is 0 Å². The number of hydrogen-bond acceptors (Lipinski definition) is 5. The quantitative estimate of drug-likeness (QED) is 0.330. The Kier molecular flexibility index (Phi) is 8.98. The Morgan fingerprint density at radius 3 is 2.32 bits per heavy atom. The van der Waals surface area contributed by atoms with Crippen molar-refractivity contribution in [1.29, 1.82) is 0 Å². The summed E-state index contributed by atoms with van der Waals surface area (Å²) in [6.45, 7) is 5.33. The molecule has 0 aromatic heterocycles. The van der Waals surface area contributed by atoms with Gasteiger partial charge in [-0.25, -0.2) is 18.0 Å². The lowest BCUT2D eigenvalue weighted by Gasteiger charge is -2.47. The molecule has 0 aliphatic carbocycles. The highest BCUT2D eigenvalue weighted by Gasteiger charge is 2.57. The fourth-order valence-corrected chi connectivity index (χ4v) is 7.09. The first kappa shape index (κ1) is 32.5. The highest BCUT2D eigenvalue weighted by molar-refractivity contribution is 6.04. The van der Waals surface area contributed by atoms with Gasteiger partial charge in [-0.05, 0) is 46.7 Å². The maximum absolute atomic E-state index is 15.8. The summed E-state index contributed by atoms with van der Waals surface area (Å²) in [5.41, 5.74) is 2.74. The fraction of sp³-hybridized carbons (Fsp3) is 0.378. The van der Waals surface area contributed by atoms with Gasteiger partial charge >= 0.3 is 6.09 Å². The Bertz CT molecular complexity index is 1710. The number of amides is 2. The van der Waals surface area contributed by atoms with Gasteiger partial charge in [-0.15, -0.1) is 0 Å². The smallest absolute Gasteiger partial charge is 0.410 e. The molecule has 3 aromatic rings. The highest BCUT2D eigenvalue weighted by atomic mass is 19.1. The molecule has 3 heterocycles. The number of aliphatic hydroxyl groups is 1. The number of piperidine rings is 1. The zero-order chi connectivity index (χ0) is 33.5. The van der Waals surface area contributed by atoms with Gasteiger partial charge in [0.1, 0.15) is 24.4 Å². The molecule has 0 radical (unpaired) electrons. The number of aliphatic hydroxyl groups excluding tert-OH is 1. The molecule has 0 saturated carbocycles. The maximum Gasteiger partial charge on any atom is 0.410 e. The van der Waals surface area contributed by atoms with Crippen molar-refractivity contribution in [3.63, 3.8) is 0 Å². The highest BCUT2D eigenvalue weighted by Crippen LogP contribution is 2.43. The topological polar surface area (TPSA) is 82.4 Å². The molecule has 10 heteroatoms. The minimum absolute atomic E-state index is 0.0304. The van der Waals surface area contributed by atoms with Crippen molar-refractivity contribution in [1.82, 2.24) is 9.80 Å². The standard InChI is InChI=1S/C37H38F3N3O4/c1-37(2,3)34(31-24(16-22-10-6-4-7-11-22)17-30(41-31)26-18-25(38)14-15-28(26)39)43-19-27-29(40)20-42(32(27)33(44)35(43)45)36(46)47-21-23-12-8-5-9-13-23/h4-15,18,27,29,32-34,44H,16-17,19-21H2,1-3H3/t27-,29-,32?,33-,34-/m0/s1. The number of hydrogen-bond donors (Lipinski definition) is 1. The lowest BCUT2D eigenvalue weighted by Crippen LogP contribution is -2.64. The second kappa shape index (κ2) is 13.0. The van der Waals surface area contributed by atoms with E-state index in [4.69, 9.17) is 9.73 Å². The summed E-state index contributed by atoms with van der Waals surface area (Å²) >= 11 is 0. The van der Waals surface area contributed by atoms with Crippen LogP contribution in [-0.4, -0.2) is 70.1 Å². The first-order valence-corrected chi connectivity index (χ1v) is 15.8. The van der Waals surface area contributed by atoms with Crippen molar-refractivity contribution >= 4 is 17.7 Å². The second-order valence-electron chi connectivity index (χ2n) is 13.6. The van der Waals surface area contributed by atoms with Gasteiger partial charge in [0.05, 0.1) is 30.0 Å². The Balaban J connectivity index is 1.33. The predicted octanol–water partition coefficient (Wildman–Crippen LogP) is 6.25. The number of aliphatic imine (C=N–C) groups is 1. The largest absolute Gasteiger partial charge is 0.445 e. The summed E-state index contributed by atoms with van der Waals surface area (Å²) in [4.78, 5) is 34.7. The van der Waals surface area contributed by atoms with Gasteiger partial charge in [0.15, 0.2) is 6.10 Å². The molecule has 1 unspecified atom stereocenters. The van der Waals surface area contributed by atoms with E-state index in [1.54, 1.807) is 12.1 Å². The van der Waals surface area contributed by atoms with Crippen LogP contribution in [-0.2, 0) is 22.6 Å². The van der Waals surface area contributed by atoms with E-state index in [9.17, 15) is 19.1 Å². The molecule has 3 aliphatic heterocycles. The monoisotopic (exact) mass is 645 g/mol. The van der Waals surface area contributed by atoms with Crippen molar-refractivity contribution in [2.45, 2.75) is 64.6 Å². The average Bonchev–Trinajstić information content (AvgIpc) is 3.60. The van der Waals surface area contributed by atoms with Crippen LogP contribution < -0.4 is 0 Å². The number of carbonyl (C=O) groups is 2. The number of nitrogens with zero attached hydrogens (tertiary/aromatic N) is 3. The fourth-order valence-electron chi connectivity index (χ4n) is 7.09. The summed E-state index contributed by atoms with van der Waals surface area (Å²) < 4.78 is 50.5. The molecule has 2 saturated heterocycles. The Morgan fingerprint density at radius 2 is 1.66 bits per heavy atom. The van der Waals surface area contributed by atoms with Gasteiger partial charge in [-0.2, -0.15) is 0 Å². The number of likely N-dealkylation sites (tertiary alicyclic amines) is 2. The number of ether oxygens (including phenoxy) is 1. The van der Waals surface area contributed by atoms with E-state index in [0.29, 0.717) is 17.8 Å². The summed E-state index contributed by atoms with van der Waals surface area (Å²) in [5, 5.41) is 11.4. The number of carbonyl (C=O) groups excluding carboxylic acids is 2. The molecule has 3 aromatic carbocycles. The van der Waals surface area contributed by atoms with Gasteiger partial charge in [0.25, 0.3) is 5.91 Å². The van der Waals surface area contributed by atoms with E-state index >= 15 is 8.78 Å². The van der Waals surface area contributed by atoms with Gasteiger partial charge in [0, 0.05) is 24.4 Å². The first-order valence-electron chi connectivity index (χ1n) is 15.8. The van der Waals surface area contributed by atoms with Gasteiger partial charge in [-0.1, -0.05) is 81.4 Å². The van der Waals surface area contributed by atoms with Crippen molar-refractivity contribution < 1.29 is 32.6 Å². The molecule has 0 bridgehead atoms. The lowest BCUT2D eigenvalue weighted by atomic mass is 9.78. The maximum atomic E-state index is 15.8. The number of allylic oxidation sites excluding steroid dienone is 1. The number of alkyl halides is 1. The summed E-state index contributed by atoms with van der Waals surface area (Å²) in [6.07, 6.45) is -3.35. The van der Waals surface area contributed by atoms with Crippen molar-refractivity contribution in [2.24, 2.45) is 16.3 Å². The molecule has 7 nitrogen and oxygen atoms in total. The van der Waals surface area contributed by atoms with Crippen LogP contribution in [0.15, 0.2) is 95.1 Å². The molecule has 2 amide bonds. The molecule has 1 N–H and O–H groups in total. The van der Waals surface area contributed by atoms with Gasteiger partial charge in [-0.3, -0.25) is 14.7 Å². The molecule has 3 aliphatic rings. The van der Waals surface area contributed by atoms with Crippen LogP contribution in [0.4, 0.5) is 18.0 Å². The Hall–Kier alpha value is -4.44. The van der Waals surface area contributed by atoms with E-state index in [1.165, 1.54) is 4.90 Å². The minimum atomic E-state index is -1.70. The van der Waals surface area contributed by atoms with E-state index in [1.807, 2.05) is 69.3 Å². The van der Waals surface area contributed by atoms with Crippen molar-refractivity contribution in [2.75, 3.05) is 13.1 Å². The Labute approximate surface area is 272 Å². The molecule has 5 atom stereocenters. The van der Waals surface area contributed by atoms with Crippen LogP contribution in [0.1, 0.15) is 43.9 Å². The van der Waals surface area contributed by atoms with E-state index < -0.39 is 59.3 Å².